The lowest BCUT2D eigenvalue weighted by Crippen LogP contribution is -2.23. The molecule has 2 aliphatic rings. The molecule has 0 bridgehead atoms. The van der Waals surface area contributed by atoms with E-state index in [1.165, 1.54) is 0 Å². The first-order valence-electron chi connectivity index (χ1n) is 25.0. The quantitative estimate of drug-likeness (QED) is 0.152. The van der Waals surface area contributed by atoms with Gasteiger partial charge in [0.2, 0.25) is 0 Å². The van der Waals surface area contributed by atoms with Crippen molar-refractivity contribution < 1.29 is 13.6 Å². The Balaban J connectivity index is 0.964. The van der Waals surface area contributed by atoms with E-state index in [-0.39, 0.29) is 12.0 Å². The first-order chi connectivity index (χ1) is 36.2. The summed E-state index contributed by atoms with van der Waals surface area (Å²) in [6.45, 7) is 0. The standard InChI is InChI=1S/C68H44N2O3/c1-3-19-43(20-4-1)45-23-15-25-47(39-45)69(58-35-17-33-55-51-29-11-13-37-62(51)71-67(55)58)60-41-57-65-53-31-9-7-27-49(53)61(42-64(65)73-66(57)54-32-10-8-28-50(54)60)70(48-26-16-24-46(40-48)44-21-5-2-6-22-44)59-36-18-34-56-52-30-12-14-38-63(52)72-68(56)59/h1-42,57,66H. The zero-order chi connectivity index (χ0) is 48.0. The topological polar surface area (TPSA) is 42.0 Å². The van der Waals surface area contributed by atoms with Crippen molar-refractivity contribution in [2.75, 3.05) is 9.80 Å². The molecule has 0 N–H and O–H groups in total. The second-order valence-electron chi connectivity index (χ2n) is 19.1. The zero-order valence-electron chi connectivity index (χ0n) is 39.5. The van der Waals surface area contributed by atoms with Crippen LogP contribution in [-0.2, 0) is 0 Å². The van der Waals surface area contributed by atoms with Crippen LogP contribution in [0.3, 0.4) is 0 Å². The molecule has 2 aromatic heterocycles. The van der Waals surface area contributed by atoms with Gasteiger partial charge >= 0.3 is 0 Å². The van der Waals surface area contributed by atoms with Gasteiger partial charge in [-0.2, -0.15) is 0 Å². The molecular formula is C68H44N2O3. The molecule has 0 saturated carbocycles. The summed E-state index contributed by atoms with van der Waals surface area (Å²) >= 11 is 0. The first-order valence-corrected chi connectivity index (χ1v) is 25.0. The Bertz CT molecular complexity index is 4340. The summed E-state index contributed by atoms with van der Waals surface area (Å²) in [5, 5.41) is 6.56. The van der Waals surface area contributed by atoms with Crippen molar-refractivity contribution in [1.29, 1.82) is 0 Å². The average molecular weight is 937 g/mol. The van der Waals surface area contributed by atoms with E-state index in [0.29, 0.717) is 0 Å². The summed E-state index contributed by atoms with van der Waals surface area (Å²) in [6, 6.07) is 88.4. The molecule has 0 amide bonds. The lowest BCUT2D eigenvalue weighted by Gasteiger charge is -2.35. The average Bonchev–Trinajstić information content (AvgIpc) is 4.17. The third-order valence-electron chi connectivity index (χ3n) is 15.0. The van der Waals surface area contributed by atoms with Gasteiger partial charge in [0.05, 0.1) is 22.8 Å². The van der Waals surface area contributed by atoms with Crippen molar-refractivity contribution in [3.05, 3.63) is 271 Å². The van der Waals surface area contributed by atoms with Crippen LogP contribution >= 0.6 is 0 Å². The molecular weight excluding hydrogens is 893 g/mol. The van der Waals surface area contributed by atoms with Gasteiger partial charge < -0.3 is 23.4 Å². The zero-order valence-corrected chi connectivity index (χ0v) is 39.5. The van der Waals surface area contributed by atoms with Crippen LogP contribution in [0.2, 0.25) is 0 Å². The Morgan fingerprint density at radius 3 is 1.45 bits per heavy atom. The SMILES string of the molecule is C1=C(N(c2cccc(-c3ccccc3)c2)c2cccc3c2oc2ccccc23)c2ccccc2C2Oc3cc(N(c4cccc(-c5ccccc5)c4)c4cccc5c4oc4ccccc45)c4ccccc4c3C12. The number of fused-ring (bicyclic) bond motifs is 13. The first kappa shape index (κ1) is 41.2. The van der Waals surface area contributed by atoms with Crippen LogP contribution < -0.4 is 14.5 Å². The summed E-state index contributed by atoms with van der Waals surface area (Å²) in [6.07, 6.45) is 2.18. The highest BCUT2D eigenvalue weighted by Gasteiger charge is 2.43. The monoisotopic (exact) mass is 936 g/mol. The Hall–Kier alpha value is -9.58. The van der Waals surface area contributed by atoms with Gasteiger partial charge in [-0.25, -0.2) is 0 Å². The van der Waals surface area contributed by atoms with Gasteiger partial charge in [0.15, 0.2) is 11.2 Å². The number of hydrogen-bond donors (Lipinski definition) is 0. The highest BCUT2D eigenvalue weighted by molar-refractivity contribution is 6.14. The Kier molecular flexibility index (Phi) is 9.32. The maximum Gasteiger partial charge on any atom is 0.159 e. The number of ether oxygens (including phenoxy) is 1. The molecule has 0 saturated heterocycles. The van der Waals surface area contributed by atoms with Gasteiger partial charge in [-0.3, -0.25) is 0 Å². The maximum absolute atomic E-state index is 7.43. The van der Waals surface area contributed by atoms with Crippen LogP contribution in [0.1, 0.15) is 28.7 Å². The third kappa shape index (κ3) is 6.56. The molecule has 5 heteroatoms. The van der Waals surface area contributed by atoms with Gasteiger partial charge in [-0.15, -0.1) is 0 Å². The Morgan fingerprint density at radius 1 is 0.342 bits per heavy atom. The van der Waals surface area contributed by atoms with E-state index < -0.39 is 0 Å². The van der Waals surface area contributed by atoms with Crippen LogP contribution in [0, 0.1) is 0 Å². The Labute approximate surface area is 421 Å². The minimum Gasteiger partial charge on any atom is -0.484 e. The number of hydrogen-bond acceptors (Lipinski definition) is 5. The smallest absolute Gasteiger partial charge is 0.159 e. The fourth-order valence-corrected chi connectivity index (χ4v) is 11.7. The van der Waals surface area contributed by atoms with E-state index in [4.69, 9.17) is 13.6 Å². The van der Waals surface area contributed by atoms with Crippen molar-refractivity contribution in [1.82, 2.24) is 0 Å². The van der Waals surface area contributed by atoms with Gasteiger partial charge in [-0.05, 0) is 82.2 Å². The number of furan rings is 2. The predicted octanol–water partition coefficient (Wildman–Crippen LogP) is 18.9. The van der Waals surface area contributed by atoms with Gasteiger partial charge in [0.1, 0.15) is 23.0 Å². The fourth-order valence-electron chi connectivity index (χ4n) is 11.7. The summed E-state index contributed by atoms with van der Waals surface area (Å²) in [7, 11) is 0. The van der Waals surface area contributed by atoms with Gasteiger partial charge in [-0.1, -0.05) is 194 Å². The number of benzene rings is 11. The molecule has 5 nitrogen and oxygen atoms in total. The third-order valence-corrected chi connectivity index (χ3v) is 15.0. The molecule has 2 unspecified atom stereocenters. The second kappa shape index (κ2) is 16.5. The van der Waals surface area contributed by atoms with E-state index >= 15 is 0 Å². The van der Waals surface area contributed by atoms with Crippen molar-refractivity contribution in [3.8, 4) is 28.0 Å². The van der Waals surface area contributed by atoms with Gasteiger partial charge in [0, 0.05) is 67.0 Å². The predicted molar refractivity (Wildman–Crippen MR) is 300 cm³/mol. The molecule has 11 aromatic carbocycles. The molecule has 0 spiro atoms. The number of rotatable bonds is 8. The van der Waals surface area contributed by atoms with Gasteiger partial charge in [0.25, 0.3) is 0 Å². The van der Waals surface area contributed by atoms with Crippen molar-refractivity contribution in [3.63, 3.8) is 0 Å². The highest BCUT2D eigenvalue weighted by atomic mass is 16.5. The lowest BCUT2D eigenvalue weighted by atomic mass is 9.80. The number of para-hydroxylation sites is 4. The molecule has 344 valence electrons. The van der Waals surface area contributed by atoms with Crippen LogP contribution in [0.5, 0.6) is 5.75 Å². The fraction of sp³-hybridized carbons (Fsp3) is 0.0294. The summed E-state index contributed by atoms with van der Waals surface area (Å²) in [5.41, 5.74) is 17.3. The summed E-state index contributed by atoms with van der Waals surface area (Å²) in [4.78, 5) is 4.78. The molecule has 13 aromatic rings. The molecule has 3 heterocycles. The Morgan fingerprint density at radius 2 is 0.822 bits per heavy atom. The largest absolute Gasteiger partial charge is 0.484 e. The number of anilines is 5. The van der Waals surface area contributed by atoms with E-state index in [0.717, 1.165) is 133 Å². The minimum atomic E-state index is -0.276. The highest BCUT2D eigenvalue weighted by Crippen LogP contribution is 2.58. The molecule has 0 fully saturated rings. The summed E-state index contributed by atoms with van der Waals surface area (Å²) in [5.74, 6) is 0.719. The van der Waals surface area contributed by atoms with Crippen LogP contribution in [0.4, 0.5) is 28.4 Å². The van der Waals surface area contributed by atoms with Crippen LogP contribution in [0.15, 0.2) is 264 Å². The minimum absolute atomic E-state index is 0.137. The van der Waals surface area contributed by atoms with E-state index in [1.54, 1.807) is 0 Å². The maximum atomic E-state index is 7.43. The van der Waals surface area contributed by atoms with Crippen molar-refractivity contribution in [2.24, 2.45) is 0 Å². The molecule has 1 aliphatic carbocycles. The normalized spacial score (nSPS) is 14.8. The number of nitrogens with zero attached hydrogens (tertiary/aromatic N) is 2. The molecule has 73 heavy (non-hydrogen) atoms. The van der Waals surface area contributed by atoms with E-state index in [1.807, 2.05) is 12.1 Å². The van der Waals surface area contributed by atoms with Crippen LogP contribution in [0.25, 0.3) is 82.6 Å². The molecule has 0 radical (unpaired) electrons. The van der Waals surface area contributed by atoms with Crippen molar-refractivity contribution >= 4 is 88.8 Å². The van der Waals surface area contributed by atoms with E-state index in [9.17, 15) is 0 Å². The lowest BCUT2D eigenvalue weighted by molar-refractivity contribution is 0.223. The molecule has 1 aliphatic heterocycles. The summed E-state index contributed by atoms with van der Waals surface area (Å²) < 4.78 is 21.1. The van der Waals surface area contributed by atoms with Crippen molar-refractivity contribution in [2.45, 2.75) is 12.0 Å². The second-order valence-corrected chi connectivity index (χ2v) is 19.1. The van der Waals surface area contributed by atoms with Crippen LogP contribution in [-0.4, -0.2) is 0 Å². The molecule has 2 atom stereocenters. The van der Waals surface area contributed by atoms with E-state index in [2.05, 4.69) is 252 Å². The molecule has 15 rings (SSSR count).